The van der Waals surface area contributed by atoms with Gasteiger partial charge in [-0.1, -0.05) is 18.5 Å². The zero-order valence-electron chi connectivity index (χ0n) is 11.0. The molecule has 0 amide bonds. The van der Waals surface area contributed by atoms with E-state index >= 15 is 0 Å². The second-order valence-corrected chi connectivity index (χ2v) is 4.95. The fraction of sp³-hybridized carbons (Fsp3) is 0.333. The SMILES string of the molecule is CCNC(Cc1cc(Cl)ccc1F)c1occc1C. The van der Waals surface area contributed by atoms with E-state index < -0.39 is 0 Å². The summed E-state index contributed by atoms with van der Waals surface area (Å²) in [4.78, 5) is 0. The van der Waals surface area contributed by atoms with E-state index in [1.54, 1.807) is 18.4 Å². The summed E-state index contributed by atoms with van der Waals surface area (Å²) in [6.45, 7) is 4.78. The van der Waals surface area contributed by atoms with Crippen LogP contribution in [0.4, 0.5) is 4.39 Å². The van der Waals surface area contributed by atoms with Gasteiger partial charge in [0.2, 0.25) is 0 Å². The molecule has 0 aliphatic rings. The molecule has 0 saturated heterocycles. The maximum absolute atomic E-state index is 13.8. The summed E-state index contributed by atoms with van der Waals surface area (Å²) < 4.78 is 19.3. The maximum atomic E-state index is 13.8. The van der Waals surface area contributed by atoms with E-state index in [9.17, 15) is 4.39 Å². The van der Waals surface area contributed by atoms with E-state index in [2.05, 4.69) is 5.32 Å². The van der Waals surface area contributed by atoms with Gasteiger partial charge in [-0.25, -0.2) is 4.39 Å². The Morgan fingerprint density at radius 3 is 2.79 bits per heavy atom. The van der Waals surface area contributed by atoms with E-state index in [4.69, 9.17) is 16.0 Å². The number of nitrogens with one attached hydrogen (secondary N) is 1. The van der Waals surface area contributed by atoms with Crippen molar-refractivity contribution in [1.82, 2.24) is 5.32 Å². The fourth-order valence-electron chi connectivity index (χ4n) is 2.17. The highest BCUT2D eigenvalue weighted by Crippen LogP contribution is 2.25. The Hall–Kier alpha value is -1.32. The molecule has 2 aromatic rings. The van der Waals surface area contributed by atoms with Crippen LogP contribution in [0.15, 0.2) is 34.9 Å². The Bertz CT molecular complexity index is 553. The van der Waals surface area contributed by atoms with E-state index in [1.165, 1.54) is 6.07 Å². The highest BCUT2D eigenvalue weighted by molar-refractivity contribution is 6.30. The van der Waals surface area contributed by atoms with Crippen LogP contribution in [0.2, 0.25) is 5.02 Å². The summed E-state index contributed by atoms with van der Waals surface area (Å²) in [5.74, 6) is 0.609. The lowest BCUT2D eigenvalue weighted by Crippen LogP contribution is -2.23. The van der Waals surface area contributed by atoms with Crippen molar-refractivity contribution >= 4 is 11.6 Å². The molecule has 19 heavy (non-hydrogen) atoms. The molecule has 102 valence electrons. The Balaban J connectivity index is 2.26. The summed E-state index contributed by atoms with van der Waals surface area (Å²) >= 11 is 5.92. The fourth-order valence-corrected chi connectivity index (χ4v) is 2.36. The van der Waals surface area contributed by atoms with Gasteiger partial charge >= 0.3 is 0 Å². The van der Waals surface area contributed by atoms with Crippen molar-refractivity contribution in [3.63, 3.8) is 0 Å². The molecule has 0 aliphatic carbocycles. The number of furan rings is 1. The molecule has 1 heterocycles. The molecule has 4 heteroatoms. The number of benzene rings is 1. The standard InChI is InChI=1S/C15H17ClFNO/c1-3-18-14(15-10(2)6-7-19-15)9-11-8-12(16)4-5-13(11)17/h4-8,14,18H,3,9H2,1-2H3. The molecule has 2 nitrogen and oxygen atoms in total. The van der Waals surface area contributed by atoms with Crippen LogP contribution in [0.3, 0.4) is 0 Å². The van der Waals surface area contributed by atoms with Gasteiger partial charge in [0, 0.05) is 5.02 Å². The number of likely N-dealkylation sites (N-methyl/N-ethyl adjacent to an activating group) is 1. The number of hydrogen-bond donors (Lipinski definition) is 1. The molecule has 0 fully saturated rings. The first-order valence-electron chi connectivity index (χ1n) is 6.33. The highest BCUT2D eigenvalue weighted by Gasteiger charge is 2.18. The second kappa shape index (κ2) is 6.22. The number of hydrogen-bond acceptors (Lipinski definition) is 2. The normalized spacial score (nSPS) is 12.6. The minimum atomic E-state index is -0.239. The number of rotatable bonds is 5. The summed E-state index contributed by atoms with van der Waals surface area (Å²) in [6.07, 6.45) is 2.16. The van der Waals surface area contributed by atoms with Crippen molar-refractivity contribution in [1.29, 1.82) is 0 Å². The van der Waals surface area contributed by atoms with Crippen molar-refractivity contribution in [3.8, 4) is 0 Å². The highest BCUT2D eigenvalue weighted by atomic mass is 35.5. The van der Waals surface area contributed by atoms with Crippen LogP contribution >= 0.6 is 11.6 Å². The van der Waals surface area contributed by atoms with Gasteiger partial charge < -0.3 is 9.73 Å². The summed E-state index contributed by atoms with van der Waals surface area (Å²) in [5.41, 5.74) is 1.66. The molecular weight excluding hydrogens is 265 g/mol. The zero-order valence-corrected chi connectivity index (χ0v) is 11.8. The van der Waals surface area contributed by atoms with Crippen molar-refractivity contribution < 1.29 is 8.81 Å². The lowest BCUT2D eigenvalue weighted by atomic mass is 10.0. The van der Waals surface area contributed by atoms with Crippen molar-refractivity contribution in [3.05, 3.63) is 58.3 Å². The third-order valence-corrected chi connectivity index (χ3v) is 3.34. The molecule has 0 saturated carbocycles. The molecule has 0 radical (unpaired) electrons. The van der Waals surface area contributed by atoms with Gasteiger partial charge in [-0.15, -0.1) is 0 Å². The molecule has 2 rings (SSSR count). The van der Waals surface area contributed by atoms with Crippen LogP contribution in [-0.4, -0.2) is 6.54 Å². The van der Waals surface area contributed by atoms with E-state index in [0.717, 1.165) is 17.9 Å². The molecule has 1 aromatic carbocycles. The molecule has 0 spiro atoms. The maximum Gasteiger partial charge on any atom is 0.126 e. The second-order valence-electron chi connectivity index (χ2n) is 4.52. The Kier molecular flexibility index (Phi) is 4.61. The van der Waals surface area contributed by atoms with Crippen molar-refractivity contribution in [2.45, 2.75) is 26.3 Å². The van der Waals surface area contributed by atoms with E-state index in [1.807, 2.05) is 19.9 Å². The van der Waals surface area contributed by atoms with Crippen LogP contribution < -0.4 is 5.32 Å². The van der Waals surface area contributed by atoms with Crippen molar-refractivity contribution in [2.75, 3.05) is 6.54 Å². The van der Waals surface area contributed by atoms with Gasteiger partial charge in [-0.3, -0.25) is 0 Å². The molecule has 1 atom stereocenters. The zero-order chi connectivity index (χ0) is 13.8. The molecule has 1 N–H and O–H groups in total. The first-order valence-corrected chi connectivity index (χ1v) is 6.71. The van der Waals surface area contributed by atoms with E-state index in [-0.39, 0.29) is 11.9 Å². The Morgan fingerprint density at radius 2 is 2.16 bits per heavy atom. The Morgan fingerprint density at radius 1 is 1.37 bits per heavy atom. The average molecular weight is 282 g/mol. The summed E-state index contributed by atoms with van der Waals surface area (Å²) in [7, 11) is 0. The third-order valence-electron chi connectivity index (χ3n) is 3.10. The van der Waals surface area contributed by atoms with Crippen LogP contribution in [-0.2, 0) is 6.42 Å². The number of aryl methyl sites for hydroxylation is 1. The largest absolute Gasteiger partial charge is 0.467 e. The molecule has 0 aliphatic heterocycles. The molecule has 1 aromatic heterocycles. The van der Waals surface area contributed by atoms with Gasteiger partial charge in [0.1, 0.15) is 11.6 Å². The minimum absolute atomic E-state index is 0.0482. The van der Waals surface area contributed by atoms with Crippen LogP contribution in [0, 0.1) is 12.7 Å². The summed E-state index contributed by atoms with van der Waals surface area (Å²) in [6, 6.07) is 6.48. The lowest BCUT2D eigenvalue weighted by molar-refractivity contribution is 0.410. The van der Waals surface area contributed by atoms with Gasteiger partial charge in [0.25, 0.3) is 0 Å². The third kappa shape index (κ3) is 3.37. The molecular formula is C15H17ClFNO. The van der Waals surface area contributed by atoms with Gasteiger partial charge in [-0.2, -0.15) is 0 Å². The smallest absolute Gasteiger partial charge is 0.126 e. The summed E-state index contributed by atoms with van der Waals surface area (Å²) in [5, 5.41) is 3.86. The van der Waals surface area contributed by atoms with Crippen LogP contribution in [0.1, 0.15) is 29.9 Å². The molecule has 0 bridgehead atoms. The van der Waals surface area contributed by atoms with Gasteiger partial charge in [-0.05, 0) is 55.3 Å². The Labute approximate surface area is 117 Å². The van der Waals surface area contributed by atoms with Crippen LogP contribution in [0.25, 0.3) is 0 Å². The topological polar surface area (TPSA) is 25.2 Å². The number of halogens is 2. The van der Waals surface area contributed by atoms with Crippen molar-refractivity contribution in [2.24, 2.45) is 0 Å². The van der Waals surface area contributed by atoms with E-state index in [0.29, 0.717) is 17.0 Å². The van der Waals surface area contributed by atoms with Crippen LogP contribution in [0.5, 0.6) is 0 Å². The quantitative estimate of drug-likeness (QED) is 0.885. The minimum Gasteiger partial charge on any atom is -0.467 e. The molecule has 1 unspecified atom stereocenters. The monoisotopic (exact) mass is 281 g/mol. The van der Waals surface area contributed by atoms with Gasteiger partial charge in [0.15, 0.2) is 0 Å². The lowest BCUT2D eigenvalue weighted by Gasteiger charge is -2.17. The first-order chi connectivity index (χ1) is 9.11. The predicted octanol–water partition coefficient (Wildman–Crippen LogP) is 4.27. The average Bonchev–Trinajstić information content (AvgIpc) is 2.79. The van der Waals surface area contributed by atoms with Gasteiger partial charge in [0.05, 0.1) is 12.3 Å². The first kappa shape index (κ1) is 14.1. The predicted molar refractivity (Wildman–Crippen MR) is 75.0 cm³/mol.